The number of ether oxygens (including phenoxy) is 2. The maximum absolute atomic E-state index is 13.7. The summed E-state index contributed by atoms with van der Waals surface area (Å²) in [6.07, 6.45) is 5.86. The van der Waals surface area contributed by atoms with Crippen LogP contribution in [0.15, 0.2) is 71.3 Å². The summed E-state index contributed by atoms with van der Waals surface area (Å²) in [5.41, 5.74) is 11.7. The highest BCUT2D eigenvalue weighted by Crippen LogP contribution is 2.42. The molecular weight excluding hydrogens is 507 g/mol. The van der Waals surface area contributed by atoms with Gasteiger partial charge in [-0.1, -0.05) is 29.8 Å². The molecule has 0 bridgehead atoms. The average Bonchev–Trinajstić information content (AvgIpc) is 3.54. The highest BCUT2D eigenvalue weighted by atomic mass is 35.5. The molecule has 2 heterocycles. The topological polar surface area (TPSA) is 98.7 Å². The van der Waals surface area contributed by atoms with Gasteiger partial charge >= 0.3 is 0 Å². The molecule has 200 valence electrons. The highest BCUT2D eigenvalue weighted by molar-refractivity contribution is 6.29. The quantitative estimate of drug-likeness (QED) is 0.345. The zero-order chi connectivity index (χ0) is 26.7. The summed E-state index contributed by atoms with van der Waals surface area (Å²) < 4.78 is 26.6. The Kier molecular flexibility index (Phi) is 7.69. The molecule has 0 radical (unpaired) electrons. The summed E-state index contributed by atoms with van der Waals surface area (Å²) >= 11 is 6.03. The number of rotatable bonds is 9. The fraction of sp³-hybridized carbons (Fsp3) is 0.357. The maximum Gasteiger partial charge on any atom is 0.190 e. The maximum atomic E-state index is 13.7. The Morgan fingerprint density at radius 1 is 1.24 bits per heavy atom. The van der Waals surface area contributed by atoms with Crippen molar-refractivity contribution >= 4 is 17.4 Å². The van der Waals surface area contributed by atoms with Gasteiger partial charge < -0.3 is 24.7 Å². The molecule has 10 heteroatoms. The molecule has 2 aromatic carbocycles. The van der Waals surface area contributed by atoms with Gasteiger partial charge in [-0.25, -0.2) is 9.37 Å². The monoisotopic (exact) mass is 538 g/mol. The summed E-state index contributed by atoms with van der Waals surface area (Å²) in [6, 6.07) is 12.4. The van der Waals surface area contributed by atoms with Crippen molar-refractivity contribution in [2.24, 2.45) is 10.7 Å². The molecule has 38 heavy (non-hydrogen) atoms. The van der Waals surface area contributed by atoms with Gasteiger partial charge in [-0.05, 0) is 56.0 Å². The van der Waals surface area contributed by atoms with Crippen molar-refractivity contribution in [2.75, 3.05) is 26.9 Å². The number of halogens is 2. The zero-order valence-corrected chi connectivity index (χ0v) is 22.3. The number of imidazole rings is 1. The highest BCUT2D eigenvalue weighted by Gasteiger charge is 2.41. The van der Waals surface area contributed by atoms with Crippen LogP contribution in [0, 0.1) is 5.82 Å². The van der Waals surface area contributed by atoms with Gasteiger partial charge in [0.05, 0.1) is 12.8 Å². The first-order chi connectivity index (χ1) is 18.4. The van der Waals surface area contributed by atoms with Crippen LogP contribution in [-0.2, 0) is 10.5 Å². The first-order valence-corrected chi connectivity index (χ1v) is 13.1. The molecule has 1 aliphatic carbocycles. The molecule has 4 N–H and O–H groups in total. The molecular formula is C28H32ClFN6O2. The van der Waals surface area contributed by atoms with Crippen LogP contribution in [0.4, 0.5) is 4.39 Å². The third kappa shape index (κ3) is 5.27. The number of nitrogens with zero attached hydrogens (tertiary/aromatic N) is 3. The lowest BCUT2D eigenvalue weighted by atomic mass is 9.94. The summed E-state index contributed by atoms with van der Waals surface area (Å²) in [6.45, 7) is 3.93. The number of hydrogen-bond acceptors (Lipinski definition) is 6. The second-order valence-corrected chi connectivity index (χ2v) is 9.75. The van der Waals surface area contributed by atoms with Gasteiger partial charge in [0.15, 0.2) is 5.79 Å². The van der Waals surface area contributed by atoms with Crippen LogP contribution in [0.5, 0.6) is 5.75 Å². The van der Waals surface area contributed by atoms with Crippen molar-refractivity contribution in [3.63, 3.8) is 0 Å². The summed E-state index contributed by atoms with van der Waals surface area (Å²) in [7, 11) is 1.61. The number of amidine groups is 1. The Balaban J connectivity index is 1.51. The molecule has 8 nitrogen and oxygen atoms in total. The number of methoxy groups -OCH3 is 1. The van der Waals surface area contributed by atoms with E-state index in [9.17, 15) is 4.39 Å². The van der Waals surface area contributed by atoms with Crippen molar-refractivity contribution in [3.8, 4) is 11.4 Å². The molecule has 2 unspecified atom stereocenters. The third-order valence-electron chi connectivity index (χ3n) is 6.95. The van der Waals surface area contributed by atoms with Gasteiger partial charge in [0.25, 0.3) is 0 Å². The molecule has 5 rings (SSSR count). The minimum atomic E-state index is -1.15. The number of hydrogen-bond donors (Lipinski definition) is 3. The predicted molar refractivity (Wildman–Crippen MR) is 146 cm³/mol. The van der Waals surface area contributed by atoms with Crippen LogP contribution in [0.1, 0.15) is 43.2 Å². The number of benzene rings is 2. The summed E-state index contributed by atoms with van der Waals surface area (Å²) in [5, 5.41) is 7.43. The van der Waals surface area contributed by atoms with Crippen LogP contribution in [-0.4, -0.2) is 42.3 Å². The SMILES string of the molecule is CCOCCCN=C1NC(N)(c2ccc(-n3cnc(Cl)c3)c(OC)c2)NC2=C1CCC2c1ccc(F)cc1. The van der Waals surface area contributed by atoms with Crippen molar-refractivity contribution in [2.45, 2.75) is 37.9 Å². The predicted octanol–water partition coefficient (Wildman–Crippen LogP) is 4.59. The van der Waals surface area contributed by atoms with Crippen LogP contribution < -0.4 is 21.1 Å². The van der Waals surface area contributed by atoms with E-state index in [0.717, 1.165) is 53.2 Å². The van der Waals surface area contributed by atoms with Crippen LogP contribution in [0.2, 0.25) is 5.15 Å². The van der Waals surface area contributed by atoms with Gasteiger partial charge in [0.2, 0.25) is 0 Å². The number of nitrogens with two attached hydrogens (primary N) is 1. The number of allylic oxidation sites excluding steroid dienone is 1. The standard InChI is InChI=1S/C28H32ClFN6O2/c1-3-38-14-4-13-32-27-22-11-10-21(18-5-8-20(30)9-6-18)26(22)34-28(31,35-27)19-7-12-23(24(15-19)37-2)36-16-25(29)33-17-36/h5-9,12,15-17,21,34H,3-4,10-11,13-14,31H2,1-2H3,(H,32,35). The fourth-order valence-electron chi connectivity index (χ4n) is 5.07. The van der Waals surface area contributed by atoms with Crippen molar-refractivity contribution in [1.29, 1.82) is 0 Å². The Morgan fingerprint density at radius 3 is 2.76 bits per heavy atom. The molecule has 3 aromatic rings. The smallest absolute Gasteiger partial charge is 0.190 e. The average molecular weight is 539 g/mol. The molecule has 2 aliphatic rings. The number of nitrogens with one attached hydrogen (secondary N) is 2. The lowest BCUT2D eigenvalue weighted by molar-refractivity contribution is 0.146. The molecule has 1 aliphatic heterocycles. The molecule has 1 aromatic heterocycles. The van der Waals surface area contributed by atoms with Gasteiger partial charge in [-0.15, -0.1) is 0 Å². The number of aliphatic imine (C=N–C) groups is 1. The summed E-state index contributed by atoms with van der Waals surface area (Å²) in [5.74, 6) is 0.0283. The first kappa shape index (κ1) is 26.2. The van der Waals surface area contributed by atoms with Gasteiger partial charge in [-0.3, -0.25) is 10.7 Å². The van der Waals surface area contributed by atoms with Crippen molar-refractivity contribution < 1.29 is 13.9 Å². The Bertz CT molecular complexity index is 1360. The van der Waals surface area contributed by atoms with Crippen LogP contribution in [0.3, 0.4) is 0 Å². The van der Waals surface area contributed by atoms with Crippen molar-refractivity contribution in [1.82, 2.24) is 20.2 Å². The molecule has 0 spiro atoms. The van der Waals surface area contributed by atoms with Gasteiger partial charge in [0.1, 0.15) is 28.9 Å². The minimum Gasteiger partial charge on any atom is -0.495 e. The normalized spacial score (nSPS) is 21.8. The Morgan fingerprint density at radius 2 is 2.05 bits per heavy atom. The zero-order valence-electron chi connectivity index (χ0n) is 21.5. The van der Waals surface area contributed by atoms with E-state index in [0.29, 0.717) is 30.7 Å². The van der Waals surface area contributed by atoms with Crippen LogP contribution >= 0.6 is 11.6 Å². The second-order valence-electron chi connectivity index (χ2n) is 9.36. The largest absolute Gasteiger partial charge is 0.495 e. The van der Waals surface area contributed by atoms with E-state index in [1.165, 1.54) is 12.1 Å². The number of aromatic nitrogens is 2. The van der Waals surface area contributed by atoms with E-state index in [2.05, 4.69) is 15.6 Å². The first-order valence-electron chi connectivity index (χ1n) is 12.8. The molecule has 0 fully saturated rings. The van der Waals surface area contributed by atoms with E-state index >= 15 is 0 Å². The molecule has 0 saturated heterocycles. The van der Waals surface area contributed by atoms with Gasteiger partial charge in [0, 0.05) is 48.7 Å². The third-order valence-corrected chi connectivity index (χ3v) is 7.14. The van der Waals surface area contributed by atoms with E-state index in [4.69, 9.17) is 31.8 Å². The van der Waals surface area contributed by atoms with Crippen LogP contribution in [0.25, 0.3) is 5.69 Å². The minimum absolute atomic E-state index is 0.0542. The fourth-order valence-corrected chi connectivity index (χ4v) is 5.22. The summed E-state index contributed by atoms with van der Waals surface area (Å²) in [4.78, 5) is 9.00. The van der Waals surface area contributed by atoms with E-state index in [1.807, 2.05) is 37.3 Å². The molecule has 2 atom stereocenters. The van der Waals surface area contributed by atoms with Gasteiger partial charge in [-0.2, -0.15) is 0 Å². The van der Waals surface area contributed by atoms with E-state index < -0.39 is 5.79 Å². The molecule has 0 saturated carbocycles. The van der Waals surface area contributed by atoms with E-state index in [-0.39, 0.29) is 11.7 Å². The Labute approximate surface area is 226 Å². The van der Waals surface area contributed by atoms with E-state index in [1.54, 1.807) is 24.2 Å². The molecule has 0 amide bonds. The lowest BCUT2D eigenvalue weighted by Gasteiger charge is -2.40. The Hall–Kier alpha value is -3.40. The van der Waals surface area contributed by atoms with Crippen molar-refractivity contribution in [3.05, 3.63) is 88.4 Å². The lowest BCUT2D eigenvalue weighted by Crippen LogP contribution is -2.65. The second kappa shape index (κ2) is 11.1.